The number of hydrogen-bond donors (Lipinski definition) is 1. The van der Waals surface area contributed by atoms with Crippen molar-refractivity contribution < 1.29 is 0 Å². The van der Waals surface area contributed by atoms with Gasteiger partial charge in [0, 0.05) is 35.4 Å². The van der Waals surface area contributed by atoms with Gasteiger partial charge in [-0.1, -0.05) is 0 Å². The largest absolute Gasteiger partial charge is 0.361 e. The van der Waals surface area contributed by atoms with Crippen molar-refractivity contribution in [3.63, 3.8) is 0 Å². The van der Waals surface area contributed by atoms with Crippen LogP contribution in [-0.2, 0) is 6.42 Å². The molecular weight excluding hydrogens is 124 g/mol. The quantitative estimate of drug-likeness (QED) is 0.490. The summed E-state index contributed by atoms with van der Waals surface area (Å²) < 4.78 is 0. The van der Waals surface area contributed by atoms with Crippen LogP contribution in [-0.4, -0.2) is 9.97 Å². The molecule has 2 aromatic rings. The Hall–Kier alpha value is -1.31. The summed E-state index contributed by atoms with van der Waals surface area (Å²) in [5, 5.41) is 1.29. The van der Waals surface area contributed by atoms with E-state index in [-0.39, 0.29) is 0 Å². The maximum absolute atomic E-state index is 4.24. The minimum Gasteiger partial charge on any atom is -0.361 e. The fourth-order valence-corrected chi connectivity index (χ4v) is 1.55. The van der Waals surface area contributed by atoms with Crippen LogP contribution in [0.25, 0.3) is 10.9 Å². The topological polar surface area (TPSA) is 28.7 Å². The zero-order chi connectivity index (χ0) is 6.55. The molecule has 1 aliphatic carbocycles. The fraction of sp³-hybridized carbons (Fsp3) is 0.125. The summed E-state index contributed by atoms with van der Waals surface area (Å²) in [6.07, 6.45) is 5.03. The van der Waals surface area contributed by atoms with Gasteiger partial charge >= 0.3 is 0 Å². The van der Waals surface area contributed by atoms with Crippen LogP contribution in [0, 0.1) is 0 Å². The highest BCUT2D eigenvalue weighted by atomic mass is 14.8. The van der Waals surface area contributed by atoms with Gasteiger partial charge in [0.2, 0.25) is 0 Å². The number of aromatic nitrogens is 2. The molecule has 2 aromatic heterocycles. The van der Waals surface area contributed by atoms with Crippen molar-refractivity contribution in [3.8, 4) is 0 Å². The van der Waals surface area contributed by atoms with Crippen LogP contribution in [0.4, 0.5) is 0 Å². The van der Waals surface area contributed by atoms with Crippen molar-refractivity contribution in [2.75, 3.05) is 0 Å². The number of H-pyrrole nitrogens is 1. The van der Waals surface area contributed by atoms with Crippen LogP contribution in [0.5, 0.6) is 0 Å². The number of nitrogens with one attached hydrogen (secondary N) is 1. The molecule has 0 fully saturated rings. The van der Waals surface area contributed by atoms with E-state index in [1.165, 1.54) is 22.2 Å². The van der Waals surface area contributed by atoms with Gasteiger partial charge in [-0.3, -0.25) is 4.98 Å². The summed E-state index contributed by atoms with van der Waals surface area (Å²) >= 11 is 0. The zero-order valence-corrected chi connectivity index (χ0v) is 5.39. The minimum absolute atomic E-state index is 1.02. The van der Waals surface area contributed by atoms with E-state index in [9.17, 15) is 0 Å². The smallest absolute Gasteiger partial charge is 0.0490 e. The predicted octanol–water partition coefficient (Wildman–Crippen LogP) is 1.47. The van der Waals surface area contributed by atoms with Gasteiger partial charge in [-0.05, 0) is 11.6 Å². The van der Waals surface area contributed by atoms with Crippen LogP contribution in [0.2, 0.25) is 0 Å². The number of nitrogens with zero attached hydrogens (tertiary/aromatic N) is 1. The summed E-state index contributed by atoms with van der Waals surface area (Å²) in [5.41, 5.74) is 3.80. The molecule has 0 saturated heterocycles. The fourth-order valence-electron chi connectivity index (χ4n) is 1.55. The van der Waals surface area contributed by atoms with E-state index in [1.807, 2.05) is 6.20 Å². The van der Waals surface area contributed by atoms with Gasteiger partial charge in [0.05, 0.1) is 0 Å². The monoisotopic (exact) mass is 130 g/mol. The van der Waals surface area contributed by atoms with Crippen LogP contribution >= 0.6 is 0 Å². The lowest BCUT2D eigenvalue weighted by atomic mass is 10.0. The molecule has 1 N–H and O–H groups in total. The molecule has 0 radical (unpaired) electrons. The molecule has 0 unspecified atom stereocenters. The third-order valence-electron chi connectivity index (χ3n) is 2.08. The Balaban J connectivity index is 2.73. The lowest BCUT2D eigenvalue weighted by molar-refractivity contribution is 1.07. The van der Waals surface area contributed by atoms with Crippen LogP contribution in [0.1, 0.15) is 11.3 Å². The number of aromatic amines is 1. The van der Waals surface area contributed by atoms with E-state index in [0.29, 0.717) is 0 Å². The van der Waals surface area contributed by atoms with E-state index in [0.717, 1.165) is 6.42 Å². The summed E-state index contributed by atoms with van der Waals surface area (Å²) in [5.74, 6) is 0. The van der Waals surface area contributed by atoms with Gasteiger partial charge in [-0.15, -0.1) is 0 Å². The molecule has 2 nitrogen and oxygen atoms in total. The average molecular weight is 130 g/mol. The highest BCUT2D eigenvalue weighted by Crippen LogP contribution is 2.25. The van der Waals surface area contributed by atoms with Gasteiger partial charge in [0.25, 0.3) is 0 Å². The summed E-state index contributed by atoms with van der Waals surface area (Å²) in [6.45, 7) is 0. The first-order chi connectivity index (χ1) is 4.93. The van der Waals surface area contributed by atoms with E-state index in [2.05, 4.69) is 22.2 Å². The Labute approximate surface area is 57.9 Å². The second-order valence-electron chi connectivity index (χ2n) is 2.71. The highest BCUT2D eigenvalue weighted by Gasteiger charge is 2.12. The van der Waals surface area contributed by atoms with E-state index in [4.69, 9.17) is 0 Å². The van der Waals surface area contributed by atoms with Crippen LogP contribution in [0.15, 0.2) is 18.5 Å². The minimum atomic E-state index is 1.02. The number of fused-ring (bicyclic) bond motifs is 1. The second-order valence-corrected chi connectivity index (χ2v) is 2.71. The van der Waals surface area contributed by atoms with Crippen LogP contribution in [0.3, 0.4) is 0 Å². The molecule has 1 aliphatic heterocycles. The Morgan fingerprint density at radius 3 is 3.20 bits per heavy atom. The van der Waals surface area contributed by atoms with Crippen molar-refractivity contribution in [1.29, 1.82) is 0 Å². The number of rotatable bonds is 0. The third kappa shape index (κ3) is 0.355. The average Bonchev–Trinajstić information content (AvgIpc) is 2.29. The predicted molar refractivity (Wildman–Crippen MR) is 38.9 cm³/mol. The standard InChI is InChI=1S/C8H6N2/c1-5-3-10-8-2-6(1)9-4-7(5)8/h2-4,10H,1H2. The van der Waals surface area contributed by atoms with E-state index >= 15 is 0 Å². The van der Waals surface area contributed by atoms with Gasteiger partial charge < -0.3 is 4.98 Å². The molecule has 3 heterocycles. The van der Waals surface area contributed by atoms with Crippen molar-refractivity contribution in [2.45, 2.75) is 6.42 Å². The SMILES string of the molecule is c1[nH]c2cc3ncc2c1C3. The maximum atomic E-state index is 4.24. The molecule has 4 bridgehead atoms. The van der Waals surface area contributed by atoms with Crippen molar-refractivity contribution >= 4 is 10.9 Å². The van der Waals surface area contributed by atoms with Crippen molar-refractivity contribution in [1.82, 2.24) is 9.97 Å². The Kier molecular flexibility index (Phi) is 0.556. The Bertz CT molecular complexity index is 401. The van der Waals surface area contributed by atoms with E-state index in [1.54, 1.807) is 0 Å². The molecule has 0 atom stereocenters. The Morgan fingerprint density at radius 2 is 2.50 bits per heavy atom. The molecular formula is C8H6N2. The highest BCUT2D eigenvalue weighted by molar-refractivity contribution is 5.85. The molecule has 4 rings (SSSR count). The molecule has 2 heteroatoms. The zero-order valence-electron chi connectivity index (χ0n) is 5.39. The van der Waals surface area contributed by atoms with Gasteiger partial charge in [0.1, 0.15) is 0 Å². The van der Waals surface area contributed by atoms with E-state index < -0.39 is 0 Å². The molecule has 48 valence electrons. The summed E-state index contributed by atoms with van der Waals surface area (Å²) in [4.78, 5) is 7.44. The van der Waals surface area contributed by atoms with Gasteiger partial charge in [-0.2, -0.15) is 0 Å². The third-order valence-corrected chi connectivity index (χ3v) is 2.08. The molecule has 0 amide bonds. The molecule has 10 heavy (non-hydrogen) atoms. The molecule has 0 spiro atoms. The van der Waals surface area contributed by atoms with Crippen molar-refractivity contribution in [2.24, 2.45) is 0 Å². The number of hydrogen-bond acceptors (Lipinski definition) is 1. The summed E-state index contributed by atoms with van der Waals surface area (Å²) in [6, 6.07) is 2.11. The maximum Gasteiger partial charge on any atom is 0.0490 e. The van der Waals surface area contributed by atoms with Crippen molar-refractivity contribution in [3.05, 3.63) is 29.7 Å². The molecule has 0 aromatic carbocycles. The second kappa shape index (κ2) is 1.24. The molecule has 0 saturated carbocycles. The van der Waals surface area contributed by atoms with Gasteiger partial charge in [0.15, 0.2) is 0 Å². The lowest BCUT2D eigenvalue weighted by Gasteiger charge is -2.05. The normalized spacial score (nSPS) is 13.6. The first-order valence-corrected chi connectivity index (χ1v) is 3.38. The van der Waals surface area contributed by atoms with Crippen LogP contribution < -0.4 is 0 Å². The first kappa shape index (κ1) is 4.50. The lowest BCUT2D eigenvalue weighted by Crippen LogP contribution is -1.95. The number of pyridine rings is 1. The summed E-state index contributed by atoms with van der Waals surface area (Å²) in [7, 11) is 0. The molecule has 2 aliphatic rings. The first-order valence-electron chi connectivity index (χ1n) is 3.38. The van der Waals surface area contributed by atoms with Gasteiger partial charge in [-0.25, -0.2) is 0 Å². The Morgan fingerprint density at radius 1 is 1.50 bits per heavy atom.